The average molecular weight is 252 g/mol. The van der Waals surface area contributed by atoms with E-state index >= 15 is 0 Å². The van der Waals surface area contributed by atoms with E-state index in [1.807, 2.05) is 11.3 Å². The van der Waals surface area contributed by atoms with E-state index in [2.05, 4.69) is 43.1 Å². The predicted octanol–water partition coefficient (Wildman–Crippen LogP) is 3.23. The van der Waals surface area contributed by atoms with Crippen molar-refractivity contribution < 1.29 is 0 Å². The second-order valence-electron chi connectivity index (χ2n) is 5.37. The van der Waals surface area contributed by atoms with Crippen molar-refractivity contribution in [2.45, 2.75) is 58.8 Å². The first-order valence-corrected chi connectivity index (χ1v) is 7.52. The lowest BCUT2D eigenvalue weighted by atomic mass is 10.2. The van der Waals surface area contributed by atoms with Crippen LogP contribution in [-0.4, -0.2) is 23.5 Å². The molecule has 1 saturated heterocycles. The van der Waals surface area contributed by atoms with Crippen LogP contribution in [0.1, 0.15) is 43.4 Å². The summed E-state index contributed by atoms with van der Waals surface area (Å²) in [7, 11) is 0. The number of nitrogens with one attached hydrogen (secondary N) is 1. The molecule has 0 spiro atoms. The van der Waals surface area contributed by atoms with Crippen molar-refractivity contribution in [3.8, 4) is 0 Å². The molecule has 1 unspecified atom stereocenters. The molecule has 17 heavy (non-hydrogen) atoms. The molecule has 0 aromatic carbocycles. The molecule has 0 amide bonds. The first-order chi connectivity index (χ1) is 8.15. The number of hydrogen-bond acceptors (Lipinski definition) is 3. The highest BCUT2D eigenvalue weighted by Crippen LogP contribution is 2.23. The van der Waals surface area contributed by atoms with Crippen LogP contribution in [0.2, 0.25) is 0 Å². The van der Waals surface area contributed by atoms with Gasteiger partial charge in [-0.05, 0) is 38.4 Å². The van der Waals surface area contributed by atoms with Gasteiger partial charge in [0.05, 0.1) is 0 Å². The summed E-state index contributed by atoms with van der Waals surface area (Å²) in [6.07, 6.45) is 2.74. The maximum Gasteiger partial charge on any atom is 0.0330 e. The molecule has 3 heteroatoms. The molecule has 1 aliphatic rings. The van der Waals surface area contributed by atoms with E-state index in [9.17, 15) is 0 Å². The lowest BCUT2D eigenvalue weighted by Gasteiger charge is -2.19. The largest absolute Gasteiger partial charge is 0.310 e. The van der Waals surface area contributed by atoms with Gasteiger partial charge in [0.25, 0.3) is 0 Å². The SMILES string of the molecule is CC(C)NCc1ccc(CN2CCCC2C)s1. The molecule has 2 nitrogen and oxygen atoms in total. The Morgan fingerprint density at radius 1 is 1.41 bits per heavy atom. The van der Waals surface area contributed by atoms with Gasteiger partial charge in [-0.3, -0.25) is 4.90 Å². The van der Waals surface area contributed by atoms with Gasteiger partial charge in [-0.1, -0.05) is 13.8 Å². The fraction of sp³-hybridized carbons (Fsp3) is 0.714. The summed E-state index contributed by atoms with van der Waals surface area (Å²) in [5, 5.41) is 3.47. The van der Waals surface area contributed by atoms with Crippen molar-refractivity contribution in [3.05, 3.63) is 21.9 Å². The number of rotatable bonds is 5. The Morgan fingerprint density at radius 2 is 2.18 bits per heavy atom. The molecule has 2 rings (SSSR count). The monoisotopic (exact) mass is 252 g/mol. The third-order valence-corrected chi connectivity index (χ3v) is 4.52. The molecule has 0 aliphatic carbocycles. The number of nitrogens with zero attached hydrogens (tertiary/aromatic N) is 1. The molecule has 1 fully saturated rings. The molecule has 2 heterocycles. The van der Waals surface area contributed by atoms with Crippen LogP contribution in [0.3, 0.4) is 0 Å². The molecule has 1 aromatic heterocycles. The highest BCUT2D eigenvalue weighted by molar-refractivity contribution is 7.11. The molecule has 96 valence electrons. The van der Waals surface area contributed by atoms with Crippen LogP contribution < -0.4 is 5.32 Å². The second kappa shape index (κ2) is 5.98. The number of likely N-dealkylation sites (tertiary alicyclic amines) is 1. The predicted molar refractivity (Wildman–Crippen MR) is 75.4 cm³/mol. The molecule has 0 saturated carbocycles. The van der Waals surface area contributed by atoms with Gasteiger partial charge in [0.1, 0.15) is 0 Å². The third kappa shape index (κ3) is 3.80. The summed E-state index contributed by atoms with van der Waals surface area (Å²) in [6, 6.07) is 5.91. The minimum atomic E-state index is 0.569. The Morgan fingerprint density at radius 3 is 2.82 bits per heavy atom. The quantitative estimate of drug-likeness (QED) is 0.865. The summed E-state index contributed by atoms with van der Waals surface area (Å²) < 4.78 is 0. The smallest absolute Gasteiger partial charge is 0.0330 e. The Balaban J connectivity index is 1.85. The van der Waals surface area contributed by atoms with Gasteiger partial charge in [0, 0.05) is 34.9 Å². The van der Waals surface area contributed by atoms with Gasteiger partial charge in [0.15, 0.2) is 0 Å². The Bertz CT molecular complexity index is 346. The highest BCUT2D eigenvalue weighted by Gasteiger charge is 2.20. The van der Waals surface area contributed by atoms with Gasteiger partial charge < -0.3 is 5.32 Å². The van der Waals surface area contributed by atoms with E-state index < -0.39 is 0 Å². The van der Waals surface area contributed by atoms with Crippen LogP contribution in [-0.2, 0) is 13.1 Å². The summed E-state index contributed by atoms with van der Waals surface area (Å²) in [4.78, 5) is 5.57. The molecule has 1 N–H and O–H groups in total. The first-order valence-electron chi connectivity index (χ1n) is 6.70. The average Bonchev–Trinajstić information content (AvgIpc) is 2.87. The summed E-state index contributed by atoms with van der Waals surface area (Å²) in [6.45, 7) is 10.2. The van der Waals surface area contributed by atoms with Crippen molar-refractivity contribution in [2.24, 2.45) is 0 Å². The van der Waals surface area contributed by atoms with Gasteiger partial charge in [-0.25, -0.2) is 0 Å². The van der Waals surface area contributed by atoms with Gasteiger partial charge in [-0.2, -0.15) is 0 Å². The number of hydrogen-bond donors (Lipinski definition) is 1. The molecular weight excluding hydrogens is 228 g/mol. The van der Waals surface area contributed by atoms with E-state index in [0.29, 0.717) is 6.04 Å². The fourth-order valence-electron chi connectivity index (χ4n) is 2.33. The van der Waals surface area contributed by atoms with E-state index in [-0.39, 0.29) is 0 Å². The lowest BCUT2D eigenvalue weighted by molar-refractivity contribution is 0.262. The van der Waals surface area contributed by atoms with Crippen molar-refractivity contribution in [1.29, 1.82) is 0 Å². The second-order valence-corrected chi connectivity index (χ2v) is 6.62. The summed E-state index contributed by atoms with van der Waals surface area (Å²) in [5.74, 6) is 0. The van der Waals surface area contributed by atoms with Crippen LogP contribution >= 0.6 is 11.3 Å². The molecule has 1 aliphatic heterocycles. The molecule has 1 aromatic rings. The fourth-order valence-corrected chi connectivity index (χ4v) is 3.33. The molecule has 0 bridgehead atoms. The van der Waals surface area contributed by atoms with E-state index in [1.165, 1.54) is 29.1 Å². The standard InChI is InChI=1S/C14H24N2S/c1-11(2)15-9-13-6-7-14(17-13)10-16-8-4-5-12(16)3/h6-7,11-12,15H,4-5,8-10H2,1-3H3. The van der Waals surface area contributed by atoms with Crippen LogP contribution in [0.4, 0.5) is 0 Å². The first kappa shape index (κ1) is 13.1. The van der Waals surface area contributed by atoms with Crippen LogP contribution in [0, 0.1) is 0 Å². The highest BCUT2D eigenvalue weighted by atomic mass is 32.1. The zero-order valence-electron chi connectivity index (χ0n) is 11.2. The van der Waals surface area contributed by atoms with Crippen molar-refractivity contribution >= 4 is 11.3 Å². The van der Waals surface area contributed by atoms with Crippen molar-refractivity contribution in [2.75, 3.05) is 6.54 Å². The van der Waals surface area contributed by atoms with Gasteiger partial charge in [0.2, 0.25) is 0 Å². The van der Waals surface area contributed by atoms with E-state index in [4.69, 9.17) is 0 Å². The zero-order chi connectivity index (χ0) is 12.3. The minimum Gasteiger partial charge on any atom is -0.310 e. The van der Waals surface area contributed by atoms with Gasteiger partial charge >= 0.3 is 0 Å². The maximum atomic E-state index is 3.47. The maximum absolute atomic E-state index is 3.47. The Kier molecular flexibility index (Phi) is 4.60. The minimum absolute atomic E-state index is 0.569. The molecule has 1 atom stereocenters. The van der Waals surface area contributed by atoms with Crippen LogP contribution in [0.15, 0.2) is 12.1 Å². The molecular formula is C14H24N2S. The zero-order valence-corrected chi connectivity index (χ0v) is 12.0. The lowest BCUT2D eigenvalue weighted by Crippen LogP contribution is -2.25. The summed E-state index contributed by atoms with van der Waals surface area (Å²) >= 11 is 1.96. The van der Waals surface area contributed by atoms with Gasteiger partial charge in [-0.15, -0.1) is 11.3 Å². The normalized spacial score (nSPS) is 21.5. The van der Waals surface area contributed by atoms with Crippen LogP contribution in [0.25, 0.3) is 0 Å². The molecule has 0 radical (unpaired) electrons. The topological polar surface area (TPSA) is 15.3 Å². The van der Waals surface area contributed by atoms with Crippen LogP contribution in [0.5, 0.6) is 0 Å². The van der Waals surface area contributed by atoms with E-state index in [1.54, 1.807) is 0 Å². The Labute approximate surface area is 109 Å². The summed E-state index contributed by atoms with van der Waals surface area (Å²) in [5.41, 5.74) is 0. The third-order valence-electron chi connectivity index (χ3n) is 3.45. The number of thiophene rings is 1. The van der Waals surface area contributed by atoms with Crippen molar-refractivity contribution in [1.82, 2.24) is 10.2 Å². The van der Waals surface area contributed by atoms with E-state index in [0.717, 1.165) is 19.1 Å². The van der Waals surface area contributed by atoms with Crippen molar-refractivity contribution in [3.63, 3.8) is 0 Å². The Hall–Kier alpha value is -0.380.